The molecule has 1 aromatic heterocycles. The zero-order valence-corrected chi connectivity index (χ0v) is 11.0. The van der Waals surface area contributed by atoms with Crippen LogP contribution in [0.2, 0.25) is 0 Å². The summed E-state index contributed by atoms with van der Waals surface area (Å²) in [6, 6.07) is 6.30. The number of nitrogens with zero attached hydrogens (tertiary/aromatic N) is 1. The standard InChI is InChI=1S/C14H21N3O/c1-14(2,6-8-18)17-7-5-11-3-4-12-13(9-11)16-10-15-12/h3-4,9-10,17-18H,5-8H2,1-2H3,(H,15,16). The van der Waals surface area contributed by atoms with Crippen LogP contribution in [-0.4, -0.2) is 33.8 Å². The molecular weight excluding hydrogens is 226 g/mol. The number of nitrogens with one attached hydrogen (secondary N) is 2. The van der Waals surface area contributed by atoms with Gasteiger partial charge < -0.3 is 15.4 Å². The fourth-order valence-corrected chi connectivity index (χ4v) is 2.05. The molecule has 0 saturated carbocycles. The predicted molar refractivity (Wildman–Crippen MR) is 73.6 cm³/mol. The maximum Gasteiger partial charge on any atom is 0.0931 e. The van der Waals surface area contributed by atoms with E-state index in [9.17, 15) is 0 Å². The van der Waals surface area contributed by atoms with Crippen LogP contribution in [0.1, 0.15) is 25.8 Å². The molecule has 98 valence electrons. The molecule has 0 aliphatic rings. The van der Waals surface area contributed by atoms with Crippen molar-refractivity contribution in [2.75, 3.05) is 13.2 Å². The van der Waals surface area contributed by atoms with Crippen LogP contribution in [0.15, 0.2) is 24.5 Å². The third-order valence-corrected chi connectivity index (χ3v) is 3.24. The SMILES string of the molecule is CC(C)(CCO)NCCc1ccc2nc[nH]c2c1. The van der Waals surface area contributed by atoms with E-state index < -0.39 is 0 Å². The number of fused-ring (bicyclic) bond motifs is 1. The lowest BCUT2D eigenvalue weighted by molar-refractivity contribution is 0.231. The molecule has 0 fully saturated rings. The van der Waals surface area contributed by atoms with E-state index in [1.807, 2.05) is 6.07 Å². The monoisotopic (exact) mass is 247 g/mol. The van der Waals surface area contributed by atoms with Crippen LogP contribution in [0.5, 0.6) is 0 Å². The Kier molecular flexibility index (Phi) is 3.99. The van der Waals surface area contributed by atoms with Gasteiger partial charge in [0.05, 0.1) is 17.4 Å². The molecule has 0 aliphatic carbocycles. The first-order valence-corrected chi connectivity index (χ1v) is 6.39. The second kappa shape index (κ2) is 5.50. The molecule has 0 spiro atoms. The summed E-state index contributed by atoms with van der Waals surface area (Å²) in [4.78, 5) is 7.33. The maximum atomic E-state index is 8.96. The molecule has 0 atom stereocenters. The van der Waals surface area contributed by atoms with Crippen molar-refractivity contribution in [1.29, 1.82) is 0 Å². The van der Waals surface area contributed by atoms with Gasteiger partial charge >= 0.3 is 0 Å². The summed E-state index contributed by atoms with van der Waals surface area (Å²) >= 11 is 0. The average molecular weight is 247 g/mol. The molecule has 18 heavy (non-hydrogen) atoms. The van der Waals surface area contributed by atoms with E-state index in [2.05, 4.69) is 41.3 Å². The normalized spacial score (nSPS) is 12.2. The van der Waals surface area contributed by atoms with E-state index in [4.69, 9.17) is 5.11 Å². The van der Waals surface area contributed by atoms with Gasteiger partial charge in [0.2, 0.25) is 0 Å². The topological polar surface area (TPSA) is 60.9 Å². The molecule has 0 amide bonds. The maximum absolute atomic E-state index is 8.96. The van der Waals surface area contributed by atoms with Gasteiger partial charge in [-0.05, 0) is 50.9 Å². The van der Waals surface area contributed by atoms with Crippen LogP contribution in [0.4, 0.5) is 0 Å². The quantitative estimate of drug-likeness (QED) is 0.730. The number of aliphatic hydroxyl groups is 1. The van der Waals surface area contributed by atoms with Crippen LogP contribution >= 0.6 is 0 Å². The Bertz CT molecular complexity index is 504. The lowest BCUT2D eigenvalue weighted by Gasteiger charge is -2.25. The van der Waals surface area contributed by atoms with Gasteiger partial charge in [-0.3, -0.25) is 0 Å². The second-order valence-electron chi connectivity index (χ2n) is 5.29. The lowest BCUT2D eigenvalue weighted by atomic mass is 10.0. The number of hydrogen-bond donors (Lipinski definition) is 3. The number of aliphatic hydroxyl groups excluding tert-OH is 1. The lowest BCUT2D eigenvalue weighted by Crippen LogP contribution is -2.41. The fraction of sp³-hybridized carbons (Fsp3) is 0.500. The van der Waals surface area contributed by atoms with E-state index in [-0.39, 0.29) is 12.1 Å². The average Bonchev–Trinajstić information content (AvgIpc) is 2.75. The van der Waals surface area contributed by atoms with E-state index in [0.717, 1.165) is 30.4 Å². The van der Waals surface area contributed by atoms with E-state index in [1.165, 1.54) is 5.56 Å². The molecule has 1 heterocycles. The van der Waals surface area contributed by atoms with Crippen LogP contribution in [-0.2, 0) is 6.42 Å². The Labute approximate surface area is 107 Å². The van der Waals surface area contributed by atoms with Gasteiger partial charge in [0.15, 0.2) is 0 Å². The van der Waals surface area contributed by atoms with Crippen molar-refractivity contribution in [3.8, 4) is 0 Å². The minimum Gasteiger partial charge on any atom is -0.396 e. The molecule has 0 aliphatic heterocycles. The van der Waals surface area contributed by atoms with Crippen molar-refractivity contribution >= 4 is 11.0 Å². The smallest absolute Gasteiger partial charge is 0.0931 e. The number of aromatic amines is 1. The molecule has 4 nitrogen and oxygen atoms in total. The van der Waals surface area contributed by atoms with Crippen LogP contribution in [0.25, 0.3) is 11.0 Å². The first-order chi connectivity index (χ1) is 8.61. The number of hydrogen-bond acceptors (Lipinski definition) is 3. The van der Waals surface area contributed by atoms with Gasteiger partial charge in [-0.15, -0.1) is 0 Å². The van der Waals surface area contributed by atoms with Gasteiger partial charge in [-0.1, -0.05) is 6.07 Å². The van der Waals surface area contributed by atoms with Crippen LogP contribution in [0, 0.1) is 0 Å². The fourth-order valence-electron chi connectivity index (χ4n) is 2.05. The van der Waals surface area contributed by atoms with Gasteiger partial charge in [0.25, 0.3) is 0 Å². The third-order valence-electron chi connectivity index (χ3n) is 3.24. The summed E-state index contributed by atoms with van der Waals surface area (Å²) in [6.07, 6.45) is 3.47. The van der Waals surface area contributed by atoms with Gasteiger partial charge in [-0.2, -0.15) is 0 Å². The van der Waals surface area contributed by atoms with Crippen molar-refractivity contribution < 1.29 is 5.11 Å². The Morgan fingerprint density at radius 1 is 1.39 bits per heavy atom. The highest BCUT2D eigenvalue weighted by molar-refractivity contribution is 5.75. The largest absolute Gasteiger partial charge is 0.396 e. The molecule has 2 aromatic rings. The Balaban J connectivity index is 1.90. The highest BCUT2D eigenvalue weighted by atomic mass is 16.3. The summed E-state index contributed by atoms with van der Waals surface area (Å²) in [5, 5.41) is 12.4. The minimum atomic E-state index is -0.00710. The molecule has 3 N–H and O–H groups in total. The first kappa shape index (κ1) is 13.1. The van der Waals surface area contributed by atoms with Gasteiger partial charge in [0.1, 0.15) is 0 Å². The van der Waals surface area contributed by atoms with E-state index >= 15 is 0 Å². The number of rotatable bonds is 6. The van der Waals surface area contributed by atoms with Crippen molar-refractivity contribution in [3.05, 3.63) is 30.1 Å². The Hall–Kier alpha value is -1.39. The zero-order chi connectivity index (χ0) is 13.0. The number of H-pyrrole nitrogens is 1. The highest BCUT2D eigenvalue weighted by Crippen LogP contribution is 2.12. The molecule has 1 aromatic carbocycles. The number of imidazole rings is 1. The summed E-state index contributed by atoms with van der Waals surface area (Å²) in [5.74, 6) is 0. The first-order valence-electron chi connectivity index (χ1n) is 6.39. The van der Waals surface area contributed by atoms with Gasteiger partial charge in [-0.25, -0.2) is 4.98 Å². The van der Waals surface area contributed by atoms with Crippen molar-refractivity contribution in [2.24, 2.45) is 0 Å². The number of aromatic nitrogens is 2. The molecular formula is C14H21N3O. The highest BCUT2D eigenvalue weighted by Gasteiger charge is 2.15. The zero-order valence-electron chi connectivity index (χ0n) is 11.0. The third kappa shape index (κ3) is 3.31. The predicted octanol–water partition coefficient (Wildman–Crippen LogP) is 1.86. The Morgan fingerprint density at radius 3 is 3.00 bits per heavy atom. The van der Waals surface area contributed by atoms with E-state index in [1.54, 1.807) is 6.33 Å². The summed E-state index contributed by atoms with van der Waals surface area (Å²) in [6.45, 7) is 5.36. The summed E-state index contributed by atoms with van der Waals surface area (Å²) in [5.41, 5.74) is 3.38. The van der Waals surface area contributed by atoms with Crippen LogP contribution in [0.3, 0.4) is 0 Å². The van der Waals surface area contributed by atoms with Crippen molar-refractivity contribution in [3.63, 3.8) is 0 Å². The van der Waals surface area contributed by atoms with Crippen LogP contribution < -0.4 is 5.32 Å². The Morgan fingerprint density at radius 2 is 2.22 bits per heavy atom. The molecule has 0 radical (unpaired) electrons. The molecule has 4 heteroatoms. The minimum absolute atomic E-state index is 0.00710. The molecule has 0 bridgehead atoms. The molecule has 0 unspecified atom stereocenters. The van der Waals surface area contributed by atoms with Gasteiger partial charge in [0, 0.05) is 12.1 Å². The summed E-state index contributed by atoms with van der Waals surface area (Å²) in [7, 11) is 0. The number of benzene rings is 1. The molecule has 0 saturated heterocycles. The van der Waals surface area contributed by atoms with Crippen molar-refractivity contribution in [2.45, 2.75) is 32.2 Å². The molecule has 2 rings (SSSR count). The summed E-state index contributed by atoms with van der Waals surface area (Å²) < 4.78 is 0. The van der Waals surface area contributed by atoms with Crippen molar-refractivity contribution in [1.82, 2.24) is 15.3 Å². The second-order valence-corrected chi connectivity index (χ2v) is 5.29. The van der Waals surface area contributed by atoms with E-state index in [0.29, 0.717) is 0 Å².